The van der Waals surface area contributed by atoms with E-state index < -0.39 is 23.2 Å². The zero-order valence-corrected chi connectivity index (χ0v) is 14.6. The molecule has 1 aromatic rings. The van der Waals surface area contributed by atoms with Crippen molar-refractivity contribution in [3.8, 4) is 0 Å². The van der Waals surface area contributed by atoms with E-state index in [0.717, 1.165) is 0 Å². The smallest absolute Gasteiger partial charge is 0.408 e. The maximum atomic E-state index is 12.1. The SMILES string of the molecule is CC(C)(CC(=O)Nc1ccc(C(=O)O)cc1)NC(=O)OC(C)(C)C. The number of hydrogen-bond acceptors (Lipinski definition) is 4. The second kappa shape index (κ2) is 7.33. The quantitative estimate of drug-likeness (QED) is 0.766. The van der Waals surface area contributed by atoms with Crippen LogP contribution >= 0.6 is 0 Å². The molecule has 0 aliphatic carbocycles. The van der Waals surface area contributed by atoms with Crippen molar-refractivity contribution in [3.05, 3.63) is 29.8 Å². The van der Waals surface area contributed by atoms with E-state index >= 15 is 0 Å². The summed E-state index contributed by atoms with van der Waals surface area (Å²) in [4.78, 5) is 34.7. The van der Waals surface area contributed by atoms with Gasteiger partial charge in [0.1, 0.15) is 5.60 Å². The minimum atomic E-state index is -1.03. The summed E-state index contributed by atoms with van der Waals surface area (Å²) in [5.41, 5.74) is -0.792. The highest BCUT2D eigenvalue weighted by Crippen LogP contribution is 2.15. The van der Waals surface area contributed by atoms with Gasteiger partial charge in [0.15, 0.2) is 0 Å². The highest BCUT2D eigenvalue weighted by Gasteiger charge is 2.27. The standard InChI is InChI=1S/C17H24N2O5/c1-16(2,3)24-15(23)19-17(4,5)10-13(20)18-12-8-6-11(7-9-12)14(21)22/h6-9H,10H2,1-5H3,(H,18,20)(H,19,23)(H,21,22). The number of anilines is 1. The number of carbonyl (C=O) groups excluding carboxylic acids is 2. The lowest BCUT2D eigenvalue weighted by atomic mass is 10.0. The molecule has 0 saturated carbocycles. The number of carboxylic acids is 1. The second-order valence-electron chi connectivity index (χ2n) is 7.12. The van der Waals surface area contributed by atoms with E-state index in [4.69, 9.17) is 9.84 Å². The minimum absolute atomic E-state index is 0.0346. The Morgan fingerprint density at radius 3 is 2.04 bits per heavy atom. The minimum Gasteiger partial charge on any atom is -0.478 e. The van der Waals surface area contributed by atoms with Crippen LogP contribution in [0.25, 0.3) is 0 Å². The first-order chi connectivity index (χ1) is 10.9. The Labute approximate surface area is 141 Å². The molecular formula is C17H24N2O5. The van der Waals surface area contributed by atoms with E-state index in [9.17, 15) is 14.4 Å². The lowest BCUT2D eigenvalue weighted by Gasteiger charge is -2.28. The number of amides is 2. The van der Waals surface area contributed by atoms with Gasteiger partial charge >= 0.3 is 12.1 Å². The van der Waals surface area contributed by atoms with Gasteiger partial charge in [0, 0.05) is 17.6 Å². The third kappa shape index (κ3) is 7.13. The molecule has 0 saturated heterocycles. The van der Waals surface area contributed by atoms with Gasteiger partial charge in [-0.3, -0.25) is 4.79 Å². The van der Waals surface area contributed by atoms with Crippen molar-refractivity contribution in [2.45, 2.75) is 52.2 Å². The van der Waals surface area contributed by atoms with Gasteiger partial charge in [-0.25, -0.2) is 9.59 Å². The number of alkyl carbamates (subject to hydrolysis) is 1. The summed E-state index contributed by atoms with van der Waals surface area (Å²) in [6, 6.07) is 5.83. The van der Waals surface area contributed by atoms with Gasteiger partial charge in [0.2, 0.25) is 5.91 Å². The van der Waals surface area contributed by atoms with Crippen LogP contribution in [0.1, 0.15) is 51.4 Å². The predicted octanol–water partition coefficient (Wildman–Crippen LogP) is 3.02. The molecule has 0 aliphatic rings. The van der Waals surface area contributed by atoms with Gasteiger partial charge in [0.25, 0.3) is 0 Å². The van der Waals surface area contributed by atoms with Crippen LogP contribution in [-0.4, -0.2) is 34.2 Å². The number of ether oxygens (including phenoxy) is 1. The maximum Gasteiger partial charge on any atom is 0.408 e. The molecule has 132 valence electrons. The number of carboxylic acid groups (broad SMARTS) is 1. The third-order valence-corrected chi connectivity index (χ3v) is 2.86. The highest BCUT2D eigenvalue weighted by molar-refractivity contribution is 5.93. The molecule has 0 aromatic heterocycles. The molecule has 7 nitrogen and oxygen atoms in total. The maximum absolute atomic E-state index is 12.1. The monoisotopic (exact) mass is 336 g/mol. The molecule has 0 atom stereocenters. The summed E-state index contributed by atoms with van der Waals surface area (Å²) in [5, 5.41) is 14.2. The molecular weight excluding hydrogens is 312 g/mol. The molecule has 1 rings (SSSR count). The van der Waals surface area contributed by atoms with Crippen molar-refractivity contribution in [2.24, 2.45) is 0 Å². The van der Waals surface area contributed by atoms with Gasteiger partial charge in [0.05, 0.1) is 5.56 Å². The Balaban J connectivity index is 2.59. The lowest BCUT2D eigenvalue weighted by molar-refractivity contribution is -0.117. The summed E-state index contributed by atoms with van der Waals surface area (Å²) in [5.74, 6) is -1.34. The Hall–Kier alpha value is -2.57. The molecule has 24 heavy (non-hydrogen) atoms. The van der Waals surface area contributed by atoms with Crippen LogP contribution in [0.3, 0.4) is 0 Å². The number of nitrogens with one attached hydrogen (secondary N) is 2. The number of carbonyl (C=O) groups is 3. The van der Waals surface area contributed by atoms with Crippen molar-refractivity contribution < 1.29 is 24.2 Å². The Bertz CT molecular complexity index is 615. The fourth-order valence-corrected chi connectivity index (χ4v) is 1.93. The van der Waals surface area contributed by atoms with Crippen LogP contribution in [0.15, 0.2) is 24.3 Å². The molecule has 0 bridgehead atoms. The largest absolute Gasteiger partial charge is 0.478 e. The normalized spacial score (nSPS) is 11.5. The molecule has 0 aliphatic heterocycles. The van der Waals surface area contributed by atoms with E-state index in [1.54, 1.807) is 34.6 Å². The van der Waals surface area contributed by atoms with Crippen LogP contribution in [0, 0.1) is 0 Å². The van der Waals surface area contributed by atoms with Crippen molar-refractivity contribution in [1.29, 1.82) is 0 Å². The molecule has 0 spiro atoms. The van der Waals surface area contributed by atoms with E-state index in [1.807, 2.05) is 0 Å². The number of rotatable bonds is 5. The molecule has 0 radical (unpaired) electrons. The molecule has 3 N–H and O–H groups in total. The van der Waals surface area contributed by atoms with Gasteiger partial charge in [-0.05, 0) is 58.9 Å². The molecule has 0 heterocycles. The average Bonchev–Trinajstić information content (AvgIpc) is 2.34. The van der Waals surface area contributed by atoms with Crippen molar-refractivity contribution >= 4 is 23.7 Å². The first kappa shape index (κ1) is 19.5. The zero-order chi connectivity index (χ0) is 18.5. The predicted molar refractivity (Wildman–Crippen MR) is 90.1 cm³/mol. The average molecular weight is 336 g/mol. The summed E-state index contributed by atoms with van der Waals surface area (Å²) >= 11 is 0. The molecule has 2 amide bonds. The van der Waals surface area contributed by atoms with Gasteiger partial charge in [-0.15, -0.1) is 0 Å². The highest BCUT2D eigenvalue weighted by atomic mass is 16.6. The Morgan fingerprint density at radius 1 is 1.04 bits per heavy atom. The zero-order valence-electron chi connectivity index (χ0n) is 14.6. The summed E-state index contributed by atoms with van der Waals surface area (Å²) < 4.78 is 5.17. The van der Waals surface area contributed by atoms with Gasteiger partial charge in [-0.2, -0.15) is 0 Å². The first-order valence-electron chi connectivity index (χ1n) is 7.52. The van der Waals surface area contributed by atoms with Crippen LogP contribution in [0.2, 0.25) is 0 Å². The van der Waals surface area contributed by atoms with Crippen LogP contribution in [0.5, 0.6) is 0 Å². The number of benzene rings is 1. The molecule has 0 unspecified atom stereocenters. The first-order valence-corrected chi connectivity index (χ1v) is 7.52. The van der Waals surface area contributed by atoms with Gasteiger partial charge < -0.3 is 20.5 Å². The Kier molecular flexibility index (Phi) is 5.95. The van der Waals surface area contributed by atoms with Crippen LogP contribution < -0.4 is 10.6 Å². The van der Waals surface area contributed by atoms with E-state index in [-0.39, 0.29) is 17.9 Å². The fraction of sp³-hybridized carbons (Fsp3) is 0.471. The summed E-state index contributed by atoms with van der Waals surface area (Å²) in [7, 11) is 0. The second-order valence-corrected chi connectivity index (χ2v) is 7.12. The van der Waals surface area contributed by atoms with Crippen molar-refractivity contribution in [3.63, 3.8) is 0 Å². The molecule has 7 heteroatoms. The molecule has 0 fully saturated rings. The fourth-order valence-electron chi connectivity index (χ4n) is 1.93. The van der Waals surface area contributed by atoms with E-state index in [0.29, 0.717) is 5.69 Å². The molecule has 1 aromatic carbocycles. The van der Waals surface area contributed by atoms with Crippen molar-refractivity contribution in [1.82, 2.24) is 5.32 Å². The summed E-state index contributed by atoms with van der Waals surface area (Å²) in [6.45, 7) is 8.70. The van der Waals surface area contributed by atoms with E-state index in [1.165, 1.54) is 24.3 Å². The lowest BCUT2D eigenvalue weighted by Crippen LogP contribution is -2.47. The van der Waals surface area contributed by atoms with Gasteiger partial charge in [-0.1, -0.05) is 0 Å². The van der Waals surface area contributed by atoms with Crippen LogP contribution in [-0.2, 0) is 9.53 Å². The van der Waals surface area contributed by atoms with Crippen LogP contribution in [0.4, 0.5) is 10.5 Å². The summed E-state index contributed by atoms with van der Waals surface area (Å²) in [6.07, 6.45) is -0.557. The third-order valence-electron chi connectivity index (χ3n) is 2.86. The number of hydrogen-bond donors (Lipinski definition) is 3. The van der Waals surface area contributed by atoms with E-state index in [2.05, 4.69) is 10.6 Å². The Morgan fingerprint density at radius 2 is 1.58 bits per heavy atom. The topological polar surface area (TPSA) is 105 Å². The number of aromatic carboxylic acids is 1. The van der Waals surface area contributed by atoms with Crippen molar-refractivity contribution in [2.75, 3.05) is 5.32 Å².